The number of ether oxygens (including phenoxy) is 1. The van der Waals surface area contributed by atoms with Crippen molar-refractivity contribution < 1.29 is 35.9 Å². The first-order valence-corrected chi connectivity index (χ1v) is 9.04. The van der Waals surface area contributed by atoms with Crippen LogP contribution in [0.2, 0.25) is 0 Å². The summed E-state index contributed by atoms with van der Waals surface area (Å²) in [5.74, 6) is -1.17. The smallest absolute Gasteiger partial charge is 0.462 e. The lowest BCUT2D eigenvalue weighted by Crippen LogP contribution is -2.23. The van der Waals surface area contributed by atoms with Crippen molar-refractivity contribution >= 4 is 27.4 Å². The van der Waals surface area contributed by atoms with E-state index in [4.69, 9.17) is 4.74 Å². The number of sulfone groups is 1. The molecule has 0 spiro atoms. The van der Waals surface area contributed by atoms with Crippen molar-refractivity contribution in [2.75, 3.05) is 11.9 Å². The van der Waals surface area contributed by atoms with Gasteiger partial charge in [0.15, 0.2) is 0 Å². The van der Waals surface area contributed by atoms with Crippen LogP contribution in [0.1, 0.15) is 27.6 Å². The number of carbonyl (C=O) groups excluding carboxylic acids is 2. The highest BCUT2D eigenvalue weighted by molar-refractivity contribution is 7.92. The molecule has 0 aliphatic heterocycles. The minimum absolute atomic E-state index is 0.0365. The Hall–Kier alpha value is -2.88. The van der Waals surface area contributed by atoms with Crippen LogP contribution < -0.4 is 5.32 Å². The summed E-state index contributed by atoms with van der Waals surface area (Å²) in [6.45, 7) is 1.88. The number of alkyl halides is 3. The van der Waals surface area contributed by atoms with E-state index in [1.54, 1.807) is 6.92 Å². The van der Waals surface area contributed by atoms with Gasteiger partial charge in [0.1, 0.15) is 0 Å². The topological polar surface area (TPSA) is 89.5 Å². The van der Waals surface area contributed by atoms with Gasteiger partial charge in [-0.05, 0) is 55.5 Å². The molecule has 1 amide bonds. The standard InChI is InChI=1S/C17H14F3NO5S/c1-2-26-16(23)12-3-7-13(8-4-12)21-15(22)11-5-9-14(10-6-11)27(24,25)17(18,19)20/h3-10H,2H2,1H3,(H,21,22). The molecule has 1 N–H and O–H groups in total. The fourth-order valence-electron chi connectivity index (χ4n) is 2.03. The van der Waals surface area contributed by atoms with E-state index in [1.165, 1.54) is 24.3 Å². The largest absolute Gasteiger partial charge is 0.501 e. The fourth-order valence-corrected chi connectivity index (χ4v) is 2.79. The van der Waals surface area contributed by atoms with Crippen LogP contribution in [-0.4, -0.2) is 32.4 Å². The summed E-state index contributed by atoms with van der Waals surface area (Å²) in [6.07, 6.45) is 0. The average molecular weight is 401 g/mol. The average Bonchev–Trinajstić information content (AvgIpc) is 2.61. The molecule has 10 heteroatoms. The summed E-state index contributed by atoms with van der Waals surface area (Å²) in [4.78, 5) is 22.7. The molecular weight excluding hydrogens is 387 g/mol. The number of carbonyl (C=O) groups is 2. The van der Waals surface area contributed by atoms with Crippen LogP contribution in [0.5, 0.6) is 0 Å². The molecule has 0 aliphatic carbocycles. The first-order chi connectivity index (χ1) is 12.6. The first kappa shape index (κ1) is 20.4. The van der Waals surface area contributed by atoms with Gasteiger partial charge in [-0.1, -0.05) is 0 Å². The molecule has 2 aromatic rings. The monoisotopic (exact) mass is 401 g/mol. The summed E-state index contributed by atoms with van der Waals surface area (Å²) >= 11 is 0. The molecule has 2 aromatic carbocycles. The maximum atomic E-state index is 12.5. The zero-order valence-electron chi connectivity index (χ0n) is 13.9. The summed E-state index contributed by atoms with van der Waals surface area (Å²) in [7, 11) is -5.47. The van der Waals surface area contributed by atoms with E-state index < -0.39 is 32.1 Å². The number of nitrogens with one attached hydrogen (secondary N) is 1. The molecule has 0 saturated heterocycles. The number of hydrogen-bond donors (Lipinski definition) is 1. The second kappa shape index (κ2) is 7.78. The minimum Gasteiger partial charge on any atom is -0.462 e. The molecule has 0 bridgehead atoms. The van der Waals surface area contributed by atoms with Gasteiger partial charge in [-0.25, -0.2) is 13.2 Å². The van der Waals surface area contributed by atoms with Crippen molar-refractivity contribution in [2.45, 2.75) is 17.3 Å². The minimum atomic E-state index is -5.47. The normalized spacial score (nSPS) is 11.7. The van der Waals surface area contributed by atoms with Crippen LogP contribution in [0.25, 0.3) is 0 Å². The molecule has 0 aromatic heterocycles. The Morgan fingerprint density at radius 2 is 1.48 bits per heavy atom. The highest BCUT2D eigenvalue weighted by Crippen LogP contribution is 2.30. The van der Waals surface area contributed by atoms with Gasteiger partial charge in [0, 0.05) is 11.3 Å². The number of anilines is 1. The fraction of sp³-hybridized carbons (Fsp3) is 0.176. The van der Waals surface area contributed by atoms with Gasteiger partial charge in [-0.2, -0.15) is 13.2 Å². The van der Waals surface area contributed by atoms with E-state index in [0.29, 0.717) is 17.8 Å². The summed E-state index contributed by atoms with van der Waals surface area (Å²) in [5.41, 5.74) is -4.83. The molecular formula is C17H14F3NO5S. The molecule has 0 radical (unpaired) electrons. The van der Waals surface area contributed by atoms with E-state index in [2.05, 4.69) is 5.32 Å². The van der Waals surface area contributed by atoms with E-state index in [-0.39, 0.29) is 17.7 Å². The van der Waals surface area contributed by atoms with Gasteiger partial charge in [0.2, 0.25) is 0 Å². The van der Waals surface area contributed by atoms with E-state index in [0.717, 1.165) is 12.1 Å². The van der Waals surface area contributed by atoms with Crippen LogP contribution in [-0.2, 0) is 14.6 Å². The van der Waals surface area contributed by atoms with Crippen molar-refractivity contribution in [3.05, 3.63) is 59.7 Å². The van der Waals surface area contributed by atoms with Crippen molar-refractivity contribution in [3.63, 3.8) is 0 Å². The van der Waals surface area contributed by atoms with E-state index in [9.17, 15) is 31.2 Å². The maximum absolute atomic E-state index is 12.5. The Morgan fingerprint density at radius 3 is 1.96 bits per heavy atom. The highest BCUT2D eigenvalue weighted by Gasteiger charge is 2.46. The molecule has 0 aliphatic rings. The lowest BCUT2D eigenvalue weighted by Gasteiger charge is -2.09. The third-order valence-corrected chi connectivity index (χ3v) is 4.89. The SMILES string of the molecule is CCOC(=O)c1ccc(NC(=O)c2ccc(S(=O)(=O)C(F)(F)F)cc2)cc1. The van der Waals surface area contributed by atoms with Crippen molar-refractivity contribution in [2.24, 2.45) is 0 Å². The molecule has 0 heterocycles. The van der Waals surface area contributed by atoms with Gasteiger partial charge < -0.3 is 10.1 Å². The van der Waals surface area contributed by atoms with E-state index in [1.807, 2.05) is 0 Å². The predicted octanol–water partition coefficient (Wildman–Crippen LogP) is 3.41. The van der Waals surface area contributed by atoms with Gasteiger partial charge in [-0.3, -0.25) is 4.79 Å². The van der Waals surface area contributed by atoms with Gasteiger partial charge in [0.05, 0.1) is 17.1 Å². The Kier molecular flexibility index (Phi) is 5.89. The Balaban J connectivity index is 2.12. The maximum Gasteiger partial charge on any atom is 0.501 e. The molecule has 0 unspecified atom stereocenters. The summed E-state index contributed by atoms with van der Waals surface area (Å²) < 4.78 is 64.9. The molecule has 2 rings (SSSR count). The van der Waals surface area contributed by atoms with Gasteiger partial charge in [-0.15, -0.1) is 0 Å². The highest BCUT2D eigenvalue weighted by atomic mass is 32.2. The third kappa shape index (κ3) is 4.64. The van der Waals surface area contributed by atoms with Crippen LogP contribution >= 0.6 is 0 Å². The van der Waals surface area contributed by atoms with Crippen LogP contribution in [0.4, 0.5) is 18.9 Å². The first-order valence-electron chi connectivity index (χ1n) is 7.56. The Morgan fingerprint density at radius 1 is 0.963 bits per heavy atom. The van der Waals surface area contributed by atoms with Gasteiger partial charge >= 0.3 is 11.5 Å². The van der Waals surface area contributed by atoms with Crippen LogP contribution in [0.3, 0.4) is 0 Å². The number of esters is 1. The molecule has 27 heavy (non-hydrogen) atoms. The molecule has 0 saturated carbocycles. The number of rotatable bonds is 5. The Labute approximate surface area is 152 Å². The molecule has 144 valence electrons. The van der Waals surface area contributed by atoms with Crippen LogP contribution in [0, 0.1) is 0 Å². The van der Waals surface area contributed by atoms with Crippen LogP contribution in [0.15, 0.2) is 53.4 Å². The third-order valence-electron chi connectivity index (χ3n) is 3.39. The zero-order chi connectivity index (χ0) is 20.2. The molecule has 0 fully saturated rings. The number of amides is 1. The summed E-state index contributed by atoms with van der Waals surface area (Å²) in [5, 5.41) is 2.48. The number of benzene rings is 2. The van der Waals surface area contributed by atoms with E-state index >= 15 is 0 Å². The second-order valence-electron chi connectivity index (χ2n) is 5.23. The van der Waals surface area contributed by atoms with Gasteiger partial charge in [0.25, 0.3) is 15.7 Å². The predicted molar refractivity (Wildman–Crippen MR) is 90.0 cm³/mol. The van der Waals surface area contributed by atoms with Crippen molar-refractivity contribution in [1.82, 2.24) is 0 Å². The second-order valence-corrected chi connectivity index (χ2v) is 7.17. The van der Waals surface area contributed by atoms with Crippen molar-refractivity contribution in [1.29, 1.82) is 0 Å². The zero-order valence-corrected chi connectivity index (χ0v) is 14.7. The molecule has 0 atom stereocenters. The lowest BCUT2D eigenvalue weighted by atomic mass is 10.2. The number of halogens is 3. The number of hydrogen-bond acceptors (Lipinski definition) is 5. The molecule has 6 nitrogen and oxygen atoms in total. The van der Waals surface area contributed by atoms with Crippen molar-refractivity contribution in [3.8, 4) is 0 Å². The Bertz CT molecular complexity index is 936. The summed E-state index contributed by atoms with van der Waals surface area (Å²) in [6, 6.07) is 9.14. The quantitative estimate of drug-likeness (QED) is 0.776. The lowest BCUT2D eigenvalue weighted by molar-refractivity contribution is -0.0436.